The lowest BCUT2D eigenvalue weighted by Crippen LogP contribution is -2.40. The fraction of sp³-hybridized carbons (Fsp3) is 0.297. The summed E-state index contributed by atoms with van der Waals surface area (Å²) in [5.74, 6) is -2.47. The number of morpholine rings is 1. The molecule has 1 saturated heterocycles. The van der Waals surface area contributed by atoms with E-state index in [1.807, 2.05) is 18.2 Å². The van der Waals surface area contributed by atoms with Gasteiger partial charge in [-0.15, -0.1) is 5.10 Å². The second-order valence-electron chi connectivity index (χ2n) is 12.6. The zero-order chi connectivity index (χ0) is 43.2. The molecule has 0 bridgehead atoms. The number of carboxylic acid groups (broad SMARTS) is 1. The number of tetrazole rings is 1. The number of nitrogens with zero attached hydrogens (tertiary/aromatic N) is 6. The molecule has 2 aromatic heterocycles. The van der Waals surface area contributed by atoms with Crippen molar-refractivity contribution in [3.05, 3.63) is 106 Å². The van der Waals surface area contributed by atoms with Gasteiger partial charge < -0.3 is 39.8 Å². The first-order valence-corrected chi connectivity index (χ1v) is 18.6. The van der Waals surface area contributed by atoms with Crippen molar-refractivity contribution >= 4 is 52.9 Å². The van der Waals surface area contributed by atoms with Crippen LogP contribution in [0.1, 0.15) is 33.4 Å². The number of rotatable bonds is 13. The highest BCUT2D eigenvalue weighted by molar-refractivity contribution is 6.32. The van der Waals surface area contributed by atoms with Crippen LogP contribution in [0.25, 0.3) is 16.9 Å². The second kappa shape index (κ2) is 21.1. The lowest BCUT2D eigenvalue weighted by atomic mass is 10.0. The predicted octanol–water partition coefficient (Wildman–Crippen LogP) is 5.44. The number of hydrogen-bond acceptors (Lipinski definition) is 11. The van der Waals surface area contributed by atoms with Crippen LogP contribution in [0.2, 0.25) is 10.2 Å². The molecule has 0 aliphatic carbocycles. The summed E-state index contributed by atoms with van der Waals surface area (Å²) in [6.45, 7) is 2.50. The number of anilines is 1. The first kappa shape index (κ1) is 44.8. The third-order valence-electron chi connectivity index (χ3n) is 8.47. The molecule has 0 radical (unpaired) electrons. The van der Waals surface area contributed by atoms with Crippen LogP contribution in [0.3, 0.4) is 0 Å². The molecule has 0 spiro atoms. The molecule has 1 fully saturated rings. The Bertz CT molecular complexity index is 2240. The summed E-state index contributed by atoms with van der Waals surface area (Å²) in [5.41, 5.74) is 4.23. The van der Waals surface area contributed by atoms with Crippen molar-refractivity contribution in [2.45, 2.75) is 25.2 Å². The summed E-state index contributed by atoms with van der Waals surface area (Å²) in [6.07, 6.45) is -3.98. The topological polar surface area (TPSA) is 228 Å². The van der Waals surface area contributed by atoms with Crippen molar-refractivity contribution < 1.29 is 51.7 Å². The summed E-state index contributed by atoms with van der Waals surface area (Å²) in [4.78, 5) is 57.4. The van der Waals surface area contributed by atoms with Gasteiger partial charge in [-0.25, -0.2) is 24.0 Å². The normalized spacial score (nSPS) is 13.1. The molecule has 60 heavy (non-hydrogen) atoms. The van der Waals surface area contributed by atoms with E-state index < -0.39 is 30.3 Å². The van der Waals surface area contributed by atoms with Gasteiger partial charge in [-0.3, -0.25) is 10.1 Å². The number of carboxylic acids is 1. The number of amides is 4. The molecular formula is C37H37Cl2F3N10O8. The summed E-state index contributed by atoms with van der Waals surface area (Å²) < 4.78 is 48.6. The Morgan fingerprint density at radius 3 is 2.42 bits per heavy atom. The fourth-order valence-electron chi connectivity index (χ4n) is 5.62. The Morgan fingerprint density at radius 2 is 1.75 bits per heavy atom. The Kier molecular flexibility index (Phi) is 15.8. The van der Waals surface area contributed by atoms with E-state index in [9.17, 15) is 27.6 Å². The highest BCUT2D eigenvalue weighted by atomic mass is 35.5. The van der Waals surface area contributed by atoms with E-state index in [0.717, 1.165) is 5.56 Å². The number of methoxy groups -OCH3 is 1. The maximum Gasteiger partial charge on any atom is 0.490 e. The van der Waals surface area contributed by atoms with E-state index in [-0.39, 0.29) is 37.2 Å². The van der Waals surface area contributed by atoms with Gasteiger partial charge in [-0.1, -0.05) is 47.5 Å². The monoisotopic (exact) mass is 876 g/mol. The largest absolute Gasteiger partial charge is 0.490 e. The van der Waals surface area contributed by atoms with Crippen molar-refractivity contribution in [3.63, 3.8) is 0 Å². The van der Waals surface area contributed by atoms with Gasteiger partial charge in [0.15, 0.2) is 0 Å². The number of imidazole rings is 1. The standard InChI is InChI=1S/C35H36Cl2N10O6.C2HF3O2/c1-51-15-16-53-35(50)40-27-8-5-23(6-9-27)30-31(37)43-32(42-30)28(18-22-3-2-4-24(17-22)33(48)46-11-13-52-14-12-46)41-34(49)38-20-25-19-26(36)7-10-29(25)47-21-39-44-45-47;3-2(4,5)1(6)7/h2-10,17,19,21,28H,11-16,18,20H2,1H3,(H,40,50)(H,42,43)(H2,38,41,49);(H,6,7)/t28-;/m0./s1. The molecule has 1 atom stereocenters. The summed E-state index contributed by atoms with van der Waals surface area (Å²) in [7, 11) is 1.52. The van der Waals surface area contributed by atoms with E-state index in [2.05, 4.69) is 36.5 Å². The van der Waals surface area contributed by atoms with Gasteiger partial charge >= 0.3 is 24.3 Å². The number of carbonyl (C=O) groups excluding carboxylic acids is 3. The molecule has 0 unspecified atom stereocenters. The highest BCUT2D eigenvalue weighted by Crippen LogP contribution is 2.30. The number of hydrogen-bond donors (Lipinski definition) is 5. The molecule has 0 saturated carbocycles. The maximum absolute atomic E-state index is 13.5. The van der Waals surface area contributed by atoms with Crippen LogP contribution in [0.15, 0.2) is 73.1 Å². The molecule has 5 N–H and O–H groups in total. The Balaban J connectivity index is 0.000000896. The lowest BCUT2D eigenvalue weighted by molar-refractivity contribution is -0.192. The zero-order valence-electron chi connectivity index (χ0n) is 31.5. The smallest absolute Gasteiger partial charge is 0.475 e. The quantitative estimate of drug-likeness (QED) is 0.0932. The number of ether oxygens (including phenoxy) is 3. The number of aromatic nitrogens is 6. The van der Waals surface area contributed by atoms with E-state index in [1.54, 1.807) is 53.4 Å². The van der Waals surface area contributed by atoms with E-state index in [0.29, 0.717) is 70.9 Å². The van der Waals surface area contributed by atoms with Crippen LogP contribution in [0.4, 0.5) is 28.4 Å². The number of carbonyl (C=O) groups is 4. The van der Waals surface area contributed by atoms with E-state index in [4.69, 9.17) is 52.3 Å². The van der Waals surface area contributed by atoms with Crippen LogP contribution >= 0.6 is 23.2 Å². The fourth-order valence-corrected chi connectivity index (χ4v) is 6.06. The third-order valence-corrected chi connectivity index (χ3v) is 8.98. The summed E-state index contributed by atoms with van der Waals surface area (Å²) >= 11 is 13.0. The number of urea groups is 1. The van der Waals surface area contributed by atoms with Gasteiger partial charge in [-0.05, 0) is 70.4 Å². The van der Waals surface area contributed by atoms with Crippen LogP contribution in [0.5, 0.6) is 0 Å². The summed E-state index contributed by atoms with van der Waals surface area (Å²) in [6, 6.07) is 18.1. The molecule has 23 heteroatoms. The lowest BCUT2D eigenvalue weighted by Gasteiger charge is -2.27. The maximum atomic E-state index is 13.5. The van der Waals surface area contributed by atoms with Crippen molar-refractivity contribution in [1.82, 2.24) is 45.7 Å². The number of halogens is 5. The molecule has 4 amide bonds. The molecule has 18 nitrogen and oxygen atoms in total. The van der Waals surface area contributed by atoms with Crippen molar-refractivity contribution in [2.75, 3.05) is 51.9 Å². The number of aromatic amines is 1. The molecule has 5 aromatic rings. The number of benzene rings is 3. The first-order chi connectivity index (χ1) is 28.7. The van der Waals surface area contributed by atoms with Crippen LogP contribution in [-0.4, -0.2) is 117 Å². The van der Waals surface area contributed by atoms with Gasteiger partial charge in [0, 0.05) is 48.6 Å². The SMILES string of the molecule is COCCOC(=O)Nc1ccc(-c2nc([C@H](Cc3cccc(C(=O)N4CCOCC4)c3)NC(=O)NCc3cc(Cl)ccc3-n3cnnn3)[nH]c2Cl)cc1.O=C(O)C(F)(F)F. The Labute approximate surface area is 349 Å². The van der Waals surface area contributed by atoms with Crippen molar-refractivity contribution in [3.8, 4) is 16.9 Å². The molecule has 1 aliphatic heterocycles. The van der Waals surface area contributed by atoms with Gasteiger partial charge in [0.1, 0.15) is 29.6 Å². The van der Waals surface area contributed by atoms with Gasteiger partial charge in [0.05, 0.1) is 31.5 Å². The van der Waals surface area contributed by atoms with E-state index >= 15 is 0 Å². The average molecular weight is 878 g/mol. The minimum absolute atomic E-state index is 0.0955. The minimum Gasteiger partial charge on any atom is -0.475 e. The van der Waals surface area contributed by atoms with Crippen LogP contribution in [0, 0.1) is 0 Å². The molecule has 1 aliphatic rings. The highest BCUT2D eigenvalue weighted by Gasteiger charge is 2.38. The molecule has 318 valence electrons. The Morgan fingerprint density at radius 1 is 1.02 bits per heavy atom. The van der Waals surface area contributed by atoms with Crippen molar-refractivity contribution in [1.29, 1.82) is 0 Å². The molecular weight excluding hydrogens is 840 g/mol. The number of aliphatic carboxylic acids is 1. The minimum atomic E-state index is -5.08. The molecule has 3 aromatic carbocycles. The first-order valence-electron chi connectivity index (χ1n) is 17.8. The van der Waals surface area contributed by atoms with Crippen LogP contribution < -0.4 is 16.0 Å². The van der Waals surface area contributed by atoms with Crippen molar-refractivity contribution in [2.24, 2.45) is 0 Å². The number of H-pyrrole nitrogens is 1. The number of nitrogens with one attached hydrogen (secondary N) is 4. The average Bonchev–Trinajstić information content (AvgIpc) is 3.91. The molecule has 6 rings (SSSR count). The van der Waals surface area contributed by atoms with Gasteiger partial charge in [0.25, 0.3) is 5.91 Å². The van der Waals surface area contributed by atoms with Gasteiger partial charge in [-0.2, -0.15) is 13.2 Å². The zero-order valence-corrected chi connectivity index (χ0v) is 33.1. The Hall–Kier alpha value is -6.29. The predicted molar refractivity (Wildman–Crippen MR) is 209 cm³/mol. The third kappa shape index (κ3) is 12.9. The van der Waals surface area contributed by atoms with E-state index in [1.165, 1.54) is 18.1 Å². The molecule has 3 heterocycles. The number of alkyl halides is 3. The summed E-state index contributed by atoms with van der Waals surface area (Å²) in [5, 5.41) is 27.7. The second-order valence-corrected chi connectivity index (χ2v) is 13.4. The van der Waals surface area contributed by atoms with Gasteiger partial charge in [0.2, 0.25) is 0 Å². The van der Waals surface area contributed by atoms with Crippen LogP contribution in [-0.2, 0) is 32.0 Å².